The molecular formula is C12H17N5. The minimum absolute atomic E-state index is 0.558. The maximum atomic E-state index is 8.41. The van der Waals surface area contributed by atoms with Gasteiger partial charge in [-0.05, 0) is 6.92 Å². The molecule has 0 saturated heterocycles. The van der Waals surface area contributed by atoms with Crippen molar-refractivity contribution in [3.05, 3.63) is 36.4 Å². The first-order valence-electron chi connectivity index (χ1n) is 5.60. The molecule has 17 heavy (non-hydrogen) atoms. The molecule has 0 aliphatic rings. The molecule has 2 heterocycles. The zero-order valence-corrected chi connectivity index (χ0v) is 10.2. The second-order valence-electron chi connectivity index (χ2n) is 3.51. The number of aryl methyl sites for hydroxylation is 3. The molecule has 5 nitrogen and oxygen atoms in total. The molecule has 0 radical (unpaired) electrons. The van der Waals surface area contributed by atoms with Gasteiger partial charge in [-0.15, -0.1) is 0 Å². The van der Waals surface area contributed by atoms with Crippen LogP contribution < -0.4 is 0 Å². The summed E-state index contributed by atoms with van der Waals surface area (Å²) in [6.45, 7) is 4.81. The fourth-order valence-corrected chi connectivity index (χ4v) is 1.46. The first kappa shape index (κ1) is 13.0. The number of imidazole rings is 2. The van der Waals surface area contributed by atoms with Gasteiger partial charge in [0, 0.05) is 31.6 Å². The molecule has 0 fully saturated rings. The molecule has 0 aliphatic carbocycles. The maximum Gasteiger partial charge on any atom is 0.108 e. The van der Waals surface area contributed by atoms with Gasteiger partial charge in [-0.1, -0.05) is 6.92 Å². The normalized spacial score (nSPS) is 9.24. The largest absolute Gasteiger partial charge is 0.351 e. The van der Waals surface area contributed by atoms with Crippen LogP contribution in [-0.4, -0.2) is 19.5 Å². The van der Waals surface area contributed by atoms with E-state index in [4.69, 9.17) is 5.26 Å². The molecule has 2 rings (SSSR count). The number of nitrogens with one attached hydrogen (secondary N) is 1. The van der Waals surface area contributed by atoms with Crippen molar-refractivity contribution in [3.63, 3.8) is 0 Å². The van der Waals surface area contributed by atoms with Crippen LogP contribution in [-0.2, 0) is 13.0 Å². The van der Waals surface area contributed by atoms with Crippen molar-refractivity contribution in [2.45, 2.75) is 33.2 Å². The van der Waals surface area contributed by atoms with Crippen LogP contribution in [0.3, 0.4) is 0 Å². The average Bonchev–Trinajstić information content (AvgIpc) is 2.98. The lowest BCUT2D eigenvalue weighted by molar-refractivity contribution is 0.670. The standard InChI is InChI=1S/C9H13N3.C3H4N2/c1-3-9-11-8(2)7-12(9)6-4-5-10;1-2-5-3-4-1/h7H,3-4,6H2,1-2H3;1-3H,(H,4,5). The summed E-state index contributed by atoms with van der Waals surface area (Å²) in [6, 6.07) is 2.13. The third-order valence-electron chi connectivity index (χ3n) is 2.17. The second-order valence-corrected chi connectivity index (χ2v) is 3.51. The predicted octanol–water partition coefficient (Wildman–Crippen LogP) is 2.08. The Bertz CT molecular complexity index is 432. The van der Waals surface area contributed by atoms with Crippen LogP contribution >= 0.6 is 0 Å². The van der Waals surface area contributed by atoms with E-state index in [2.05, 4.69) is 32.5 Å². The molecule has 0 saturated carbocycles. The van der Waals surface area contributed by atoms with Crippen molar-refractivity contribution >= 4 is 0 Å². The molecule has 0 unspecified atom stereocenters. The average molecular weight is 231 g/mol. The molecule has 0 spiro atoms. The van der Waals surface area contributed by atoms with Crippen molar-refractivity contribution < 1.29 is 0 Å². The Morgan fingerprint density at radius 3 is 2.82 bits per heavy atom. The summed E-state index contributed by atoms with van der Waals surface area (Å²) < 4.78 is 2.05. The number of hydrogen-bond donors (Lipinski definition) is 1. The third-order valence-corrected chi connectivity index (χ3v) is 2.17. The van der Waals surface area contributed by atoms with Crippen LogP contribution in [0.15, 0.2) is 24.9 Å². The van der Waals surface area contributed by atoms with Crippen molar-refractivity contribution in [2.75, 3.05) is 0 Å². The Labute approximate surface area is 101 Å². The lowest BCUT2D eigenvalue weighted by Crippen LogP contribution is -2.00. The molecule has 5 heteroatoms. The predicted molar refractivity (Wildman–Crippen MR) is 65.2 cm³/mol. The van der Waals surface area contributed by atoms with Gasteiger partial charge in [-0.3, -0.25) is 0 Å². The minimum Gasteiger partial charge on any atom is -0.351 e. The quantitative estimate of drug-likeness (QED) is 0.879. The number of aromatic amines is 1. The van der Waals surface area contributed by atoms with Gasteiger partial charge in [0.25, 0.3) is 0 Å². The highest BCUT2D eigenvalue weighted by Crippen LogP contribution is 2.03. The van der Waals surface area contributed by atoms with Crippen molar-refractivity contribution in [1.82, 2.24) is 19.5 Å². The van der Waals surface area contributed by atoms with Gasteiger partial charge in [0.15, 0.2) is 0 Å². The van der Waals surface area contributed by atoms with Gasteiger partial charge in [-0.2, -0.15) is 5.26 Å². The molecular weight excluding hydrogens is 214 g/mol. The number of hydrogen-bond acceptors (Lipinski definition) is 3. The Morgan fingerprint density at radius 2 is 2.35 bits per heavy atom. The lowest BCUT2D eigenvalue weighted by atomic mass is 10.4. The Balaban J connectivity index is 0.000000239. The zero-order valence-electron chi connectivity index (χ0n) is 10.2. The first-order chi connectivity index (χ1) is 8.27. The number of H-pyrrole nitrogens is 1. The highest BCUT2D eigenvalue weighted by Gasteiger charge is 2.01. The van der Waals surface area contributed by atoms with E-state index in [1.165, 1.54) is 0 Å². The van der Waals surface area contributed by atoms with Crippen LogP contribution in [0.2, 0.25) is 0 Å². The zero-order chi connectivity index (χ0) is 12.5. The molecule has 2 aromatic rings. The molecule has 0 aliphatic heterocycles. The molecule has 0 atom stereocenters. The molecule has 0 bridgehead atoms. The molecule has 0 amide bonds. The van der Waals surface area contributed by atoms with E-state index in [-0.39, 0.29) is 0 Å². The third kappa shape index (κ3) is 4.51. The second kappa shape index (κ2) is 7.23. The maximum absolute atomic E-state index is 8.41. The lowest BCUT2D eigenvalue weighted by Gasteiger charge is -2.01. The SMILES string of the molecule is CCc1nc(C)cn1CCC#N.c1c[nH]cn1. The van der Waals surface area contributed by atoms with E-state index in [0.29, 0.717) is 6.42 Å². The highest BCUT2D eigenvalue weighted by atomic mass is 15.1. The molecule has 0 aromatic carbocycles. The van der Waals surface area contributed by atoms with E-state index in [1.807, 2.05) is 13.1 Å². The van der Waals surface area contributed by atoms with Crippen molar-refractivity contribution in [3.8, 4) is 6.07 Å². The topological polar surface area (TPSA) is 70.3 Å². The minimum atomic E-state index is 0.558. The summed E-state index contributed by atoms with van der Waals surface area (Å²) in [5.41, 5.74) is 1.03. The van der Waals surface area contributed by atoms with Crippen molar-refractivity contribution in [1.29, 1.82) is 5.26 Å². The van der Waals surface area contributed by atoms with Crippen molar-refractivity contribution in [2.24, 2.45) is 0 Å². The number of aromatic nitrogens is 4. The van der Waals surface area contributed by atoms with E-state index in [9.17, 15) is 0 Å². The summed E-state index contributed by atoms with van der Waals surface area (Å²) in [5.74, 6) is 1.07. The highest BCUT2D eigenvalue weighted by molar-refractivity contribution is 5.02. The Kier molecular flexibility index (Phi) is 5.52. The molecule has 90 valence electrons. The fourth-order valence-electron chi connectivity index (χ4n) is 1.46. The van der Waals surface area contributed by atoms with Gasteiger partial charge < -0.3 is 9.55 Å². The summed E-state index contributed by atoms with van der Waals surface area (Å²) in [7, 11) is 0. The van der Waals surface area contributed by atoms with Gasteiger partial charge in [-0.25, -0.2) is 9.97 Å². The number of rotatable bonds is 3. The van der Waals surface area contributed by atoms with E-state index < -0.39 is 0 Å². The Morgan fingerprint density at radius 1 is 1.53 bits per heavy atom. The smallest absolute Gasteiger partial charge is 0.108 e. The van der Waals surface area contributed by atoms with Crippen LogP contribution in [0.1, 0.15) is 24.9 Å². The number of nitrogens with zero attached hydrogens (tertiary/aromatic N) is 4. The number of nitriles is 1. The van der Waals surface area contributed by atoms with E-state index in [1.54, 1.807) is 18.7 Å². The fraction of sp³-hybridized carbons (Fsp3) is 0.417. The van der Waals surface area contributed by atoms with Gasteiger partial charge in [0.1, 0.15) is 5.82 Å². The van der Waals surface area contributed by atoms with Crippen LogP contribution in [0, 0.1) is 18.3 Å². The summed E-state index contributed by atoms with van der Waals surface area (Å²) >= 11 is 0. The summed E-state index contributed by atoms with van der Waals surface area (Å²) in [5, 5.41) is 8.41. The van der Waals surface area contributed by atoms with Crippen LogP contribution in [0.5, 0.6) is 0 Å². The monoisotopic (exact) mass is 231 g/mol. The Hall–Kier alpha value is -2.09. The summed E-state index contributed by atoms with van der Waals surface area (Å²) in [6.07, 6.45) is 8.57. The summed E-state index contributed by atoms with van der Waals surface area (Å²) in [4.78, 5) is 10.8. The van der Waals surface area contributed by atoms with Gasteiger partial charge >= 0.3 is 0 Å². The molecule has 1 N–H and O–H groups in total. The van der Waals surface area contributed by atoms with Crippen LogP contribution in [0.4, 0.5) is 0 Å². The first-order valence-corrected chi connectivity index (χ1v) is 5.60. The van der Waals surface area contributed by atoms with E-state index >= 15 is 0 Å². The molecule has 2 aromatic heterocycles. The van der Waals surface area contributed by atoms with E-state index in [0.717, 1.165) is 24.5 Å². The van der Waals surface area contributed by atoms with Gasteiger partial charge in [0.2, 0.25) is 0 Å². The van der Waals surface area contributed by atoms with Crippen LogP contribution in [0.25, 0.3) is 0 Å². The van der Waals surface area contributed by atoms with Gasteiger partial charge in [0.05, 0.1) is 24.5 Å².